The minimum atomic E-state index is -0.574. The SMILES string of the molecule is C[C@H]1C(=O)N2CCN(C(=O)NCc3ccccc3)C[C@@H]2C(=O)N1C. The van der Waals surface area contributed by atoms with Gasteiger partial charge < -0.3 is 20.0 Å². The number of carbonyl (C=O) groups excluding carboxylic acids is 3. The molecule has 0 spiro atoms. The van der Waals surface area contributed by atoms with Gasteiger partial charge in [0.25, 0.3) is 0 Å². The number of urea groups is 1. The number of carbonyl (C=O) groups is 3. The second kappa shape index (κ2) is 6.51. The van der Waals surface area contributed by atoms with Crippen molar-refractivity contribution in [2.75, 3.05) is 26.7 Å². The van der Waals surface area contributed by atoms with Gasteiger partial charge in [-0.25, -0.2) is 4.79 Å². The second-order valence-electron chi connectivity index (χ2n) is 6.26. The normalized spacial score (nSPS) is 24.0. The molecule has 128 valence electrons. The summed E-state index contributed by atoms with van der Waals surface area (Å²) in [5, 5.41) is 2.87. The molecule has 0 unspecified atom stereocenters. The summed E-state index contributed by atoms with van der Waals surface area (Å²) in [6, 6.07) is 8.43. The molecule has 2 atom stereocenters. The summed E-state index contributed by atoms with van der Waals surface area (Å²) in [4.78, 5) is 41.8. The Morgan fingerprint density at radius 1 is 1.17 bits per heavy atom. The van der Waals surface area contributed by atoms with Gasteiger partial charge in [-0.1, -0.05) is 30.3 Å². The van der Waals surface area contributed by atoms with Crippen molar-refractivity contribution in [1.29, 1.82) is 0 Å². The van der Waals surface area contributed by atoms with Crippen molar-refractivity contribution >= 4 is 17.8 Å². The van der Waals surface area contributed by atoms with Crippen molar-refractivity contribution in [3.8, 4) is 0 Å². The van der Waals surface area contributed by atoms with E-state index in [1.54, 1.807) is 23.8 Å². The lowest BCUT2D eigenvalue weighted by Crippen LogP contribution is -2.69. The number of nitrogens with one attached hydrogen (secondary N) is 1. The molecule has 3 rings (SSSR count). The Morgan fingerprint density at radius 3 is 2.58 bits per heavy atom. The van der Waals surface area contributed by atoms with Crippen molar-refractivity contribution in [3.63, 3.8) is 0 Å². The molecule has 2 fully saturated rings. The molecule has 0 saturated carbocycles. The van der Waals surface area contributed by atoms with E-state index in [4.69, 9.17) is 0 Å². The van der Waals surface area contributed by atoms with Crippen molar-refractivity contribution in [1.82, 2.24) is 20.0 Å². The van der Waals surface area contributed by atoms with Crippen LogP contribution in [0.3, 0.4) is 0 Å². The third-order valence-corrected chi connectivity index (χ3v) is 4.81. The second-order valence-corrected chi connectivity index (χ2v) is 6.26. The average Bonchev–Trinajstić information content (AvgIpc) is 2.63. The number of piperazine rings is 2. The number of rotatable bonds is 2. The van der Waals surface area contributed by atoms with Crippen molar-refractivity contribution in [2.45, 2.75) is 25.6 Å². The molecule has 7 nitrogen and oxygen atoms in total. The lowest BCUT2D eigenvalue weighted by molar-refractivity contribution is -0.162. The summed E-state index contributed by atoms with van der Waals surface area (Å²) in [6.45, 7) is 3.24. The predicted octanol–water partition coefficient (Wildman–Crippen LogP) is 0.270. The van der Waals surface area contributed by atoms with Crippen LogP contribution in [0.15, 0.2) is 30.3 Å². The Labute approximate surface area is 141 Å². The molecule has 1 aromatic rings. The first-order valence-corrected chi connectivity index (χ1v) is 8.13. The fourth-order valence-electron chi connectivity index (χ4n) is 3.16. The summed E-state index contributed by atoms with van der Waals surface area (Å²) in [6.07, 6.45) is 0. The van der Waals surface area contributed by atoms with E-state index in [1.165, 1.54) is 4.90 Å². The molecule has 0 aliphatic carbocycles. The van der Waals surface area contributed by atoms with Crippen LogP contribution in [0.25, 0.3) is 0 Å². The number of fused-ring (bicyclic) bond motifs is 1. The molecule has 2 heterocycles. The van der Waals surface area contributed by atoms with Crippen molar-refractivity contribution < 1.29 is 14.4 Å². The Balaban J connectivity index is 1.62. The van der Waals surface area contributed by atoms with Gasteiger partial charge in [-0.2, -0.15) is 0 Å². The highest BCUT2D eigenvalue weighted by atomic mass is 16.2. The maximum absolute atomic E-state index is 12.4. The predicted molar refractivity (Wildman–Crippen MR) is 88.0 cm³/mol. The molecule has 0 radical (unpaired) electrons. The Morgan fingerprint density at radius 2 is 1.88 bits per heavy atom. The van der Waals surface area contributed by atoms with Crippen molar-refractivity contribution in [2.24, 2.45) is 0 Å². The first kappa shape index (κ1) is 16.3. The highest BCUT2D eigenvalue weighted by Crippen LogP contribution is 2.20. The highest BCUT2D eigenvalue weighted by Gasteiger charge is 2.45. The molecule has 1 N–H and O–H groups in total. The number of hydrogen-bond donors (Lipinski definition) is 1. The zero-order chi connectivity index (χ0) is 17.3. The molecular weight excluding hydrogens is 308 g/mol. The van der Waals surface area contributed by atoms with Gasteiger partial charge in [0.05, 0.1) is 6.54 Å². The van der Waals surface area contributed by atoms with E-state index >= 15 is 0 Å². The molecule has 7 heteroatoms. The standard InChI is InChI=1S/C17H22N4O3/c1-12-15(22)21-9-8-20(11-14(21)16(23)19(12)2)17(24)18-10-13-6-4-3-5-7-13/h3-7,12,14H,8-11H2,1-2H3,(H,18,24)/t12-,14+/m0/s1. The zero-order valence-electron chi connectivity index (χ0n) is 13.9. The summed E-state index contributed by atoms with van der Waals surface area (Å²) >= 11 is 0. The quantitative estimate of drug-likeness (QED) is 0.846. The molecule has 2 aliphatic rings. The number of nitrogens with zero attached hydrogens (tertiary/aromatic N) is 3. The smallest absolute Gasteiger partial charge is 0.317 e. The monoisotopic (exact) mass is 330 g/mol. The molecule has 24 heavy (non-hydrogen) atoms. The first-order chi connectivity index (χ1) is 11.5. The van der Waals surface area contributed by atoms with Gasteiger partial charge in [0.15, 0.2) is 0 Å². The van der Waals surface area contributed by atoms with Gasteiger partial charge in [0.1, 0.15) is 12.1 Å². The van der Waals surface area contributed by atoms with E-state index in [2.05, 4.69) is 5.32 Å². The van der Waals surface area contributed by atoms with Gasteiger partial charge in [-0.15, -0.1) is 0 Å². The Kier molecular flexibility index (Phi) is 4.42. The van der Waals surface area contributed by atoms with Gasteiger partial charge in [0, 0.05) is 26.7 Å². The van der Waals surface area contributed by atoms with E-state index in [-0.39, 0.29) is 24.4 Å². The molecule has 4 amide bonds. The summed E-state index contributed by atoms with van der Waals surface area (Å²) in [7, 11) is 1.64. The Bertz CT molecular complexity index is 648. The highest BCUT2D eigenvalue weighted by molar-refractivity contribution is 5.97. The first-order valence-electron chi connectivity index (χ1n) is 8.13. The maximum Gasteiger partial charge on any atom is 0.317 e. The van der Waals surface area contributed by atoms with Crippen molar-refractivity contribution in [3.05, 3.63) is 35.9 Å². The molecule has 0 bridgehead atoms. The van der Waals surface area contributed by atoms with E-state index in [9.17, 15) is 14.4 Å². The number of hydrogen-bond acceptors (Lipinski definition) is 3. The summed E-state index contributed by atoms with van der Waals surface area (Å²) in [5.74, 6) is -0.158. The third-order valence-electron chi connectivity index (χ3n) is 4.81. The minimum absolute atomic E-state index is 0.0496. The molecule has 1 aromatic carbocycles. The lowest BCUT2D eigenvalue weighted by Gasteiger charge is -2.47. The fraction of sp³-hybridized carbons (Fsp3) is 0.471. The van der Waals surface area contributed by atoms with E-state index in [0.717, 1.165) is 5.56 Å². The zero-order valence-corrected chi connectivity index (χ0v) is 13.9. The summed E-state index contributed by atoms with van der Waals surface area (Å²) < 4.78 is 0. The van der Waals surface area contributed by atoms with Gasteiger partial charge in [0.2, 0.25) is 11.8 Å². The largest absolute Gasteiger partial charge is 0.334 e. The molecule has 0 aromatic heterocycles. The van der Waals surface area contributed by atoms with E-state index in [1.807, 2.05) is 30.3 Å². The van der Waals surface area contributed by atoms with E-state index in [0.29, 0.717) is 19.6 Å². The minimum Gasteiger partial charge on any atom is -0.334 e. The summed E-state index contributed by atoms with van der Waals surface area (Å²) in [5.41, 5.74) is 1.02. The van der Waals surface area contributed by atoms with E-state index < -0.39 is 12.1 Å². The maximum atomic E-state index is 12.4. The van der Waals surface area contributed by atoms with Crippen LogP contribution in [-0.2, 0) is 16.1 Å². The fourth-order valence-corrected chi connectivity index (χ4v) is 3.16. The number of benzene rings is 1. The van der Waals surface area contributed by atoms with Gasteiger partial charge >= 0.3 is 6.03 Å². The lowest BCUT2D eigenvalue weighted by atomic mass is 10.0. The van der Waals surface area contributed by atoms with Crippen LogP contribution >= 0.6 is 0 Å². The average molecular weight is 330 g/mol. The Hall–Kier alpha value is -2.57. The number of likely N-dealkylation sites (N-methyl/N-ethyl adjacent to an activating group) is 1. The van der Waals surface area contributed by atoms with Gasteiger partial charge in [-0.3, -0.25) is 9.59 Å². The van der Waals surface area contributed by atoms with Crippen LogP contribution in [-0.4, -0.2) is 71.3 Å². The molecule has 2 aliphatic heterocycles. The van der Waals surface area contributed by atoms with Gasteiger partial charge in [-0.05, 0) is 12.5 Å². The van der Waals surface area contributed by atoms with Crippen LogP contribution in [0.4, 0.5) is 4.79 Å². The van der Waals surface area contributed by atoms with Crippen LogP contribution in [0.2, 0.25) is 0 Å². The van der Waals surface area contributed by atoms with Crippen LogP contribution < -0.4 is 5.32 Å². The van der Waals surface area contributed by atoms with Crippen LogP contribution in [0.1, 0.15) is 12.5 Å². The van der Waals surface area contributed by atoms with Crippen LogP contribution in [0.5, 0.6) is 0 Å². The number of amides is 4. The molecular formula is C17H22N4O3. The van der Waals surface area contributed by atoms with Crippen LogP contribution in [0, 0.1) is 0 Å². The third kappa shape index (κ3) is 2.93. The molecule has 2 saturated heterocycles. The topological polar surface area (TPSA) is 73.0 Å².